The van der Waals surface area contributed by atoms with Crippen LogP contribution in [0.5, 0.6) is 0 Å². The number of benzene rings is 2. The van der Waals surface area contributed by atoms with Crippen LogP contribution in [-0.2, 0) is 9.59 Å². The number of hydrogen-bond acceptors (Lipinski definition) is 4. The highest BCUT2D eigenvalue weighted by atomic mass is 35.5. The molecule has 162 valence electrons. The molecule has 1 heterocycles. The third kappa shape index (κ3) is 7.13. The summed E-state index contributed by atoms with van der Waals surface area (Å²) in [5.74, 6) is -0.818. The largest absolute Gasteiger partial charge is 0.480 e. The van der Waals surface area contributed by atoms with Crippen molar-refractivity contribution in [1.29, 1.82) is 0 Å². The fraction of sp³-hybridized carbons (Fsp3) is 0.391. The summed E-state index contributed by atoms with van der Waals surface area (Å²) in [4.78, 5) is 27.4. The molecule has 7 heteroatoms. The molecule has 3 rings (SSSR count). The van der Waals surface area contributed by atoms with E-state index in [4.69, 9.17) is 5.11 Å². The second kappa shape index (κ2) is 11.7. The zero-order valence-electron chi connectivity index (χ0n) is 17.3. The van der Waals surface area contributed by atoms with Gasteiger partial charge in [-0.3, -0.25) is 19.4 Å². The van der Waals surface area contributed by atoms with Crippen LogP contribution in [0.4, 0.5) is 5.69 Å². The van der Waals surface area contributed by atoms with Crippen molar-refractivity contribution in [3.63, 3.8) is 0 Å². The van der Waals surface area contributed by atoms with Crippen molar-refractivity contribution in [2.45, 2.75) is 25.3 Å². The molecule has 0 bridgehead atoms. The molecule has 1 atom stereocenters. The number of nitrogens with zero attached hydrogens (tertiary/aromatic N) is 2. The number of likely N-dealkylation sites (tertiary alicyclic amines) is 1. The van der Waals surface area contributed by atoms with E-state index in [9.17, 15) is 9.59 Å². The second-order valence-electron chi connectivity index (χ2n) is 7.66. The van der Waals surface area contributed by atoms with E-state index in [1.165, 1.54) is 0 Å². The average molecular weight is 432 g/mol. The number of nitrogens with one attached hydrogen (secondary N) is 1. The summed E-state index contributed by atoms with van der Waals surface area (Å²) >= 11 is 0. The predicted molar refractivity (Wildman–Crippen MR) is 122 cm³/mol. The number of amides is 1. The molecule has 1 fully saturated rings. The van der Waals surface area contributed by atoms with E-state index in [2.05, 4.69) is 22.3 Å². The summed E-state index contributed by atoms with van der Waals surface area (Å²) in [7, 11) is 1.86. The summed E-state index contributed by atoms with van der Waals surface area (Å²) in [6.07, 6.45) is 2.80. The molecule has 2 aromatic carbocycles. The number of carbonyl (C=O) groups is 2. The fourth-order valence-electron chi connectivity index (χ4n) is 3.86. The molecule has 1 amide bonds. The lowest BCUT2D eigenvalue weighted by atomic mass is 10.1. The number of carboxylic acid groups (broad SMARTS) is 1. The molecular formula is C23H30ClN3O3. The summed E-state index contributed by atoms with van der Waals surface area (Å²) < 4.78 is 0. The van der Waals surface area contributed by atoms with Crippen molar-refractivity contribution < 1.29 is 14.7 Å². The Hall–Kier alpha value is -2.41. The van der Waals surface area contributed by atoms with Gasteiger partial charge in [0.25, 0.3) is 0 Å². The summed E-state index contributed by atoms with van der Waals surface area (Å²) in [6, 6.07) is 18.3. The number of anilines is 1. The lowest BCUT2D eigenvalue weighted by Crippen LogP contribution is -2.37. The van der Waals surface area contributed by atoms with E-state index in [-0.39, 0.29) is 30.9 Å². The Morgan fingerprint density at radius 1 is 1.03 bits per heavy atom. The van der Waals surface area contributed by atoms with Crippen LogP contribution in [0.15, 0.2) is 54.6 Å². The highest BCUT2D eigenvalue weighted by molar-refractivity contribution is 5.92. The van der Waals surface area contributed by atoms with Crippen molar-refractivity contribution in [2.24, 2.45) is 0 Å². The maximum absolute atomic E-state index is 12.5. The molecule has 30 heavy (non-hydrogen) atoms. The van der Waals surface area contributed by atoms with Gasteiger partial charge in [0.1, 0.15) is 0 Å². The van der Waals surface area contributed by atoms with E-state index in [0.717, 1.165) is 49.2 Å². The lowest BCUT2D eigenvalue weighted by Gasteiger charge is -2.25. The summed E-state index contributed by atoms with van der Waals surface area (Å²) in [6.45, 7) is 2.08. The van der Waals surface area contributed by atoms with Crippen LogP contribution in [0.3, 0.4) is 0 Å². The van der Waals surface area contributed by atoms with Crippen LogP contribution in [0.1, 0.15) is 19.3 Å². The molecule has 0 aliphatic carbocycles. The van der Waals surface area contributed by atoms with E-state index < -0.39 is 5.97 Å². The third-order valence-corrected chi connectivity index (χ3v) is 5.44. The van der Waals surface area contributed by atoms with Crippen LogP contribution in [-0.4, -0.2) is 66.1 Å². The molecule has 1 saturated heterocycles. The second-order valence-corrected chi connectivity index (χ2v) is 7.66. The highest BCUT2D eigenvalue weighted by Gasteiger charge is 2.22. The number of rotatable bonds is 7. The maximum Gasteiger partial charge on any atom is 0.317 e. The Bertz CT molecular complexity index is 814. The Labute approximate surface area is 184 Å². The molecule has 1 aliphatic rings. The van der Waals surface area contributed by atoms with E-state index >= 15 is 0 Å². The fourth-order valence-corrected chi connectivity index (χ4v) is 3.86. The van der Waals surface area contributed by atoms with Crippen molar-refractivity contribution in [1.82, 2.24) is 9.80 Å². The molecule has 0 spiro atoms. The van der Waals surface area contributed by atoms with E-state index in [1.807, 2.05) is 54.4 Å². The SMILES string of the molecule is CN(CC(=O)O)C1CCCN(CC(=O)Nc2ccc(-c3ccccc3)cc2)CC1.Cl. The van der Waals surface area contributed by atoms with Gasteiger partial charge in [-0.25, -0.2) is 0 Å². The van der Waals surface area contributed by atoms with Crippen LogP contribution >= 0.6 is 12.4 Å². The van der Waals surface area contributed by atoms with Gasteiger partial charge in [0.05, 0.1) is 13.1 Å². The van der Waals surface area contributed by atoms with Crippen LogP contribution in [0.25, 0.3) is 11.1 Å². The van der Waals surface area contributed by atoms with Gasteiger partial charge in [0.15, 0.2) is 0 Å². The number of carbonyl (C=O) groups excluding carboxylic acids is 1. The topological polar surface area (TPSA) is 72.9 Å². The predicted octanol–water partition coefficient (Wildman–Crippen LogP) is 3.58. The lowest BCUT2D eigenvalue weighted by molar-refractivity contribution is -0.138. The zero-order valence-corrected chi connectivity index (χ0v) is 18.1. The van der Waals surface area contributed by atoms with Gasteiger partial charge in [0.2, 0.25) is 5.91 Å². The first kappa shape index (κ1) is 23.9. The van der Waals surface area contributed by atoms with Gasteiger partial charge in [-0.2, -0.15) is 0 Å². The molecule has 1 aliphatic heterocycles. The first-order valence-corrected chi connectivity index (χ1v) is 10.1. The zero-order chi connectivity index (χ0) is 20.6. The van der Waals surface area contributed by atoms with Gasteiger partial charge in [0, 0.05) is 18.3 Å². The van der Waals surface area contributed by atoms with Gasteiger partial charge in [-0.1, -0.05) is 42.5 Å². The average Bonchev–Trinajstić information content (AvgIpc) is 2.94. The highest BCUT2D eigenvalue weighted by Crippen LogP contribution is 2.21. The van der Waals surface area contributed by atoms with E-state index in [1.54, 1.807) is 0 Å². The summed E-state index contributed by atoms with van der Waals surface area (Å²) in [5, 5.41) is 12.0. The number of aliphatic carboxylic acids is 1. The first-order valence-electron chi connectivity index (χ1n) is 10.1. The van der Waals surface area contributed by atoms with Gasteiger partial charge in [-0.05, 0) is 56.1 Å². The number of halogens is 1. The summed E-state index contributed by atoms with van der Waals surface area (Å²) in [5.41, 5.74) is 3.06. The minimum absolute atomic E-state index is 0. The molecule has 6 nitrogen and oxygen atoms in total. The maximum atomic E-state index is 12.5. The molecule has 2 aromatic rings. The Morgan fingerprint density at radius 2 is 1.70 bits per heavy atom. The van der Waals surface area contributed by atoms with Gasteiger partial charge >= 0.3 is 5.97 Å². The molecule has 1 unspecified atom stereocenters. The molecule has 0 radical (unpaired) electrons. The van der Waals surface area contributed by atoms with Crippen molar-refractivity contribution in [3.8, 4) is 11.1 Å². The Morgan fingerprint density at radius 3 is 2.37 bits per heavy atom. The molecule has 0 saturated carbocycles. The van der Waals surface area contributed by atoms with Crippen LogP contribution < -0.4 is 5.32 Å². The molecule has 2 N–H and O–H groups in total. The quantitative estimate of drug-likeness (QED) is 0.701. The third-order valence-electron chi connectivity index (χ3n) is 5.44. The van der Waals surface area contributed by atoms with E-state index in [0.29, 0.717) is 6.54 Å². The standard InChI is InChI=1S/C23H29N3O3.ClH/c1-25(17-23(28)29)21-8-5-14-26(15-13-21)16-22(27)24-20-11-9-19(10-12-20)18-6-3-2-4-7-18;/h2-4,6-7,9-12,21H,5,8,13-17H2,1H3,(H,24,27)(H,28,29);1H. The van der Waals surface area contributed by atoms with Crippen LogP contribution in [0, 0.1) is 0 Å². The van der Waals surface area contributed by atoms with Crippen molar-refractivity contribution in [3.05, 3.63) is 54.6 Å². The number of carboxylic acids is 1. The minimum Gasteiger partial charge on any atom is -0.480 e. The number of likely N-dealkylation sites (N-methyl/N-ethyl adjacent to an activating group) is 1. The number of hydrogen-bond donors (Lipinski definition) is 2. The molecular weight excluding hydrogens is 402 g/mol. The van der Waals surface area contributed by atoms with Crippen LogP contribution in [0.2, 0.25) is 0 Å². The Balaban J connectivity index is 0.00000320. The monoisotopic (exact) mass is 431 g/mol. The van der Waals surface area contributed by atoms with Crippen molar-refractivity contribution in [2.75, 3.05) is 38.5 Å². The van der Waals surface area contributed by atoms with Gasteiger partial charge < -0.3 is 10.4 Å². The normalized spacial score (nSPS) is 17.1. The van der Waals surface area contributed by atoms with Crippen molar-refractivity contribution >= 4 is 30.0 Å². The Kier molecular flexibility index (Phi) is 9.30. The minimum atomic E-state index is -0.800. The molecule has 0 aromatic heterocycles. The van der Waals surface area contributed by atoms with Gasteiger partial charge in [-0.15, -0.1) is 12.4 Å². The first-order chi connectivity index (χ1) is 14.0. The smallest absolute Gasteiger partial charge is 0.317 e.